The highest BCUT2D eigenvalue weighted by atomic mass is 16.3. The Morgan fingerprint density at radius 1 is 0.900 bits per heavy atom. The molecule has 3 aromatic rings. The summed E-state index contributed by atoms with van der Waals surface area (Å²) < 4.78 is 5.07. The van der Waals surface area contributed by atoms with Crippen molar-refractivity contribution in [3.05, 3.63) is 89.5 Å². The van der Waals surface area contributed by atoms with Gasteiger partial charge in [-0.2, -0.15) is 0 Å². The molecule has 0 saturated carbocycles. The fraction of sp³-hybridized carbons (Fsp3) is 0.0870. The zero-order valence-electron chi connectivity index (χ0n) is 16.6. The van der Waals surface area contributed by atoms with Crippen molar-refractivity contribution in [1.29, 1.82) is 0 Å². The quantitative estimate of drug-likeness (QED) is 0.543. The van der Waals surface area contributed by atoms with Crippen LogP contribution < -0.4 is 16.0 Å². The number of hydrogen-bond donors (Lipinski definition) is 3. The lowest BCUT2D eigenvalue weighted by Crippen LogP contribution is -2.29. The van der Waals surface area contributed by atoms with Crippen LogP contribution in [0.5, 0.6) is 0 Å². The van der Waals surface area contributed by atoms with Crippen LogP contribution in [0.2, 0.25) is 0 Å². The molecule has 1 heterocycles. The lowest BCUT2D eigenvalue weighted by atomic mass is 10.1. The first-order valence-corrected chi connectivity index (χ1v) is 9.23. The van der Waals surface area contributed by atoms with Gasteiger partial charge >= 0.3 is 0 Å². The van der Waals surface area contributed by atoms with Crippen LogP contribution in [-0.2, 0) is 9.59 Å². The maximum Gasteiger partial charge on any atom is 0.291 e. The van der Waals surface area contributed by atoms with Crippen molar-refractivity contribution >= 4 is 35.2 Å². The number of benzene rings is 2. The maximum atomic E-state index is 12.8. The van der Waals surface area contributed by atoms with Gasteiger partial charge in [0.15, 0.2) is 5.76 Å². The molecule has 3 rings (SSSR count). The van der Waals surface area contributed by atoms with E-state index in [0.29, 0.717) is 11.4 Å². The molecule has 1 aromatic heterocycles. The Labute approximate surface area is 173 Å². The minimum absolute atomic E-state index is 0.113. The van der Waals surface area contributed by atoms with Crippen LogP contribution in [0, 0.1) is 6.92 Å². The lowest BCUT2D eigenvalue weighted by Gasteiger charge is -2.12. The van der Waals surface area contributed by atoms with Crippen LogP contribution in [0.15, 0.2) is 77.0 Å². The molecule has 0 bridgehead atoms. The average Bonchev–Trinajstić information content (AvgIpc) is 3.24. The van der Waals surface area contributed by atoms with E-state index in [0.717, 1.165) is 11.1 Å². The predicted molar refractivity (Wildman–Crippen MR) is 115 cm³/mol. The molecule has 0 aliphatic heterocycles. The highest BCUT2D eigenvalue weighted by Gasteiger charge is 2.13. The van der Waals surface area contributed by atoms with Crippen molar-refractivity contribution in [2.24, 2.45) is 0 Å². The molecule has 0 unspecified atom stereocenters. The van der Waals surface area contributed by atoms with Gasteiger partial charge in [-0.25, -0.2) is 0 Å². The smallest absolute Gasteiger partial charge is 0.291 e. The van der Waals surface area contributed by atoms with Gasteiger partial charge in [-0.1, -0.05) is 30.3 Å². The van der Waals surface area contributed by atoms with Crippen molar-refractivity contribution in [3.63, 3.8) is 0 Å². The molecule has 7 heteroatoms. The Kier molecular flexibility index (Phi) is 6.44. The molecule has 152 valence electrons. The van der Waals surface area contributed by atoms with Gasteiger partial charge in [-0.3, -0.25) is 14.4 Å². The first kappa shape index (κ1) is 20.6. The van der Waals surface area contributed by atoms with Gasteiger partial charge < -0.3 is 20.4 Å². The summed E-state index contributed by atoms with van der Waals surface area (Å²) in [5.41, 5.74) is 2.84. The molecule has 0 atom stereocenters. The molecule has 0 aliphatic carbocycles. The molecular formula is C23H21N3O4. The van der Waals surface area contributed by atoms with Gasteiger partial charge in [0, 0.05) is 18.3 Å². The Hall–Kier alpha value is -4.13. The van der Waals surface area contributed by atoms with Crippen molar-refractivity contribution in [1.82, 2.24) is 5.32 Å². The molecule has 0 fully saturated rings. The molecule has 3 amide bonds. The second-order valence-corrected chi connectivity index (χ2v) is 6.56. The van der Waals surface area contributed by atoms with E-state index in [1.165, 1.54) is 13.2 Å². The molecule has 0 aliphatic rings. The maximum absolute atomic E-state index is 12.8. The van der Waals surface area contributed by atoms with Gasteiger partial charge in [0.2, 0.25) is 5.91 Å². The second kappa shape index (κ2) is 9.38. The molecular weight excluding hydrogens is 382 g/mol. The lowest BCUT2D eigenvalue weighted by molar-refractivity contribution is -0.120. The third-order valence-corrected chi connectivity index (χ3v) is 4.17. The standard InChI is InChI=1S/C23H21N3O4/c1-15-7-3-4-8-17(15)13-20(24-16(2)27)22(28)25-18-9-5-10-19(14-18)26-23(29)21-11-6-12-30-21/h3-14H,1-2H3,(H,24,27)(H,25,28)(H,26,29)/b20-13-. The van der Waals surface area contributed by atoms with Gasteiger partial charge in [-0.15, -0.1) is 0 Å². The fourth-order valence-electron chi connectivity index (χ4n) is 2.73. The minimum atomic E-state index is -0.483. The topological polar surface area (TPSA) is 100 Å². The fourth-order valence-corrected chi connectivity index (χ4v) is 2.73. The first-order chi connectivity index (χ1) is 14.4. The first-order valence-electron chi connectivity index (χ1n) is 9.23. The highest BCUT2D eigenvalue weighted by Crippen LogP contribution is 2.18. The van der Waals surface area contributed by atoms with Crippen LogP contribution in [0.4, 0.5) is 11.4 Å². The summed E-state index contributed by atoms with van der Waals surface area (Å²) in [6.45, 7) is 3.25. The zero-order valence-corrected chi connectivity index (χ0v) is 16.6. The van der Waals surface area contributed by atoms with E-state index in [4.69, 9.17) is 4.42 Å². The molecule has 2 aromatic carbocycles. The Balaban J connectivity index is 1.78. The second-order valence-electron chi connectivity index (χ2n) is 6.56. The third-order valence-electron chi connectivity index (χ3n) is 4.17. The summed E-state index contributed by atoms with van der Waals surface area (Å²) in [5, 5.41) is 8.01. The van der Waals surface area contributed by atoms with Crippen LogP contribution in [0.25, 0.3) is 6.08 Å². The van der Waals surface area contributed by atoms with E-state index < -0.39 is 11.8 Å². The van der Waals surface area contributed by atoms with Gasteiger partial charge in [0.25, 0.3) is 11.8 Å². The van der Waals surface area contributed by atoms with E-state index in [-0.39, 0.29) is 17.4 Å². The number of amides is 3. The average molecular weight is 403 g/mol. The normalized spacial score (nSPS) is 10.9. The van der Waals surface area contributed by atoms with Crippen molar-refractivity contribution < 1.29 is 18.8 Å². The summed E-state index contributed by atoms with van der Waals surface area (Å²) in [7, 11) is 0. The van der Waals surface area contributed by atoms with Gasteiger partial charge in [0.05, 0.1) is 6.26 Å². The minimum Gasteiger partial charge on any atom is -0.459 e. The van der Waals surface area contributed by atoms with Gasteiger partial charge in [0.1, 0.15) is 5.70 Å². The number of nitrogens with one attached hydrogen (secondary N) is 3. The number of aryl methyl sites for hydroxylation is 1. The van der Waals surface area contributed by atoms with E-state index >= 15 is 0 Å². The highest BCUT2D eigenvalue weighted by molar-refractivity contribution is 6.09. The van der Waals surface area contributed by atoms with Gasteiger partial charge in [-0.05, 0) is 54.5 Å². The predicted octanol–water partition coefficient (Wildman–Crippen LogP) is 3.96. The van der Waals surface area contributed by atoms with E-state index in [9.17, 15) is 14.4 Å². The summed E-state index contributed by atoms with van der Waals surface area (Å²) >= 11 is 0. The van der Waals surface area contributed by atoms with Crippen molar-refractivity contribution in [2.75, 3.05) is 10.6 Å². The third kappa shape index (κ3) is 5.45. The SMILES string of the molecule is CC(=O)N/C(=C\c1ccccc1C)C(=O)Nc1cccc(NC(=O)c2ccco2)c1. The number of anilines is 2. The number of hydrogen-bond acceptors (Lipinski definition) is 4. The Morgan fingerprint density at radius 2 is 1.63 bits per heavy atom. The Bertz CT molecular complexity index is 1100. The molecule has 7 nitrogen and oxygen atoms in total. The van der Waals surface area contributed by atoms with Crippen molar-refractivity contribution in [2.45, 2.75) is 13.8 Å². The monoisotopic (exact) mass is 403 g/mol. The van der Waals surface area contributed by atoms with Crippen LogP contribution in [-0.4, -0.2) is 17.7 Å². The summed E-state index contributed by atoms with van der Waals surface area (Å²) in [4.78, 5) is 36.5. The number of carbonyl (C=O) groups excluding carboxylic acids is 3. The summed E-state index contributed by atoms with van der Waals surface area (Å²) in [6.07, 6.45) is 3.03. The van der Waals surface area contributed by atoms with E-state index in [1.807, 2.05) is 31.2 Å². The molecule has 0 spiro atoms. The summed E-state index contributed by atoms with van der Waals surface area (Å²) in [5.74, 6) is -1.06. The van der Waals surface area contributed by atoms with E-state index in [1.54, 1.807) is 42.5 Å². The largest absolute Gasteiger partial charge is 0.459 e. The molecule has 30 heavy (non-hydrogen) atoms. The van der Waals surface area contributed by atoms with E-state index in [2.05, 4.69) is 16.0 Å². The summed E-state index contributed by atoms with van der Waals surface area (Å²) in [6, 6.07) is 17.4. The number of furan rings is 1. The number of rotatable bonds is 6. The van der Waals surface area contributed by atoms with Crippen LogP contribution >= 0.6 is 0 Å². The van der Waals surface area contributed by atoms with Crippen LogP contribution in [0.1, 0.15) is 28.6 Å². The molecule has 0 saturated heterocycles. The van der Waals surface area contributed by atoms with Crippen LogP contribution in [0.3, 0.4) is 0 Å². The van der Waals surface area contributed by atoms with Crippen molar-refractivity contribution in [3.8, 4) is 0 Å². The number of carbonyl (C=O) groups is 3. The zero-order chi connectivity index (χ0) is 21.5. The Morgan fingerprint density at radius 3 is 2.30 bits per heavy atom. The molecule has 3 N–H and O–H groups in total. The molecule has 0 radical (unpaired) electrons.